The highest BCUT2D eigenvalue weighted by Crippen LogP contribution is 2.28. The van der Waals surface area contributed by atoms with Gasteiger partial charge >= 0.3 is 5.97 Å². The zero-order valence-corrected chi connectivity index (χ0v) is 14.8. The number of halogens is 2. The van der Waals surface area contributed by atoms with Gasteiger partial charge in [-0.2, -0.15) is 0 Å². The van der Waals surface area contributed by atoms with Crippen LogP contribution >= 0.6 is 34.2 Å². The fourth-order valence-corrected chi connectivity index (χ4v) is 2.24. The Morgan fingerprint density at radius 1 is 1.38 bits per heavy atom. The van der Waals surface area contributed by atoms with E-state index < -0.39 is 0 Å². The Hall–Kier alpha value is -1.02. The number of esters is 1. The molecule has 0 unspecified atom stereocenters. The molecular formula is C14H17ClINO4. The number of rotatable bonds is 7. The SMILES string of the molecule is CCOC(=O)CCCNC(=O)c1cc(Cl)c(I)cc1OC. The molecule has 0 aliphatic rings. The number of carbonyl (C=O) groups excluding carboxylic acids is 2. The third-order valence-corrected chi connectivity index (χ3v) is 4.16. The van der Waals surface area contributed by atoms with Crippen molar-refractivity contribution >= 4 is 46.1 Å². The van der Waals surface area contributed by atoms with E-state index in [2.05, 4.69) is 27.9 Å². The van der Waals surface area contributed by atoms with Crippen LogP contribution in [0, 0.1) is 3.57 Å². The molecule has 1 amide bonds. The molecule has 0 spiro atoms. The molecule has 1 N–H and O–H groups in total. The van der Waals surface area contributed by atoms with Crippen molar-refractivity contribution in [3.05, 3.63) is 26.3 Å². The molecule has 7 heteroatoms. The molecular weight excluding hydrogens is 409 g/mol. The van der Waals surface area contributed by atoms with E-state index in [0.29, 0.717) is 35.9 Å². The van der Waals surface area contributed by atoms with E-state index in [-0.39, 0.29) is 18.3 Å². The summed E-state index contributed by atoms with van der Waals surface area (Å²) < 4.78 is 10.8. The molecule has 116 valence electrons. The highest BCUT2D eigenvalue weighted by molar-refractivity contribution is 14.1. The van der Waals surface area contributed by atoms with Crippen molar-refractivity contribution in [2.75, 3.05) is 20.3 Å². The second-order valence-corrected chi connectivity index (χ2v) is 5.70. The minimum Gasteiger partial charge on any atom is -0.496 e. The standard InChI is InChI=1S/C14H17ClINO4/c1-3-21-13(18)5-4-6-17-14(19)9-7-10(15)11(16)8-12(9)20-2/h7-8H,3-6H2,1-2H3,(H,17,19). The lowest BCUT2D eigenvalue weighted by Gasteiger charge is -2.10. The van der Waals surface area contributed by atoms with Gasteiger partial charge < -0.3 is 14.8 Å². The van der Waals surface area contributed by atoms with E-state index >= 15 is 0 Å². The first-order valence-corrected chi connectivity index (χ1v) is 7.92. The molecule has 0 aromatic heterocycles. The quantitative estimate of drug-likeness (QED) is 0.414. The summed E-state index contributed by atoms with van der Waals surface area (Å²) in [6.45, 7) is 2.50. The fourth-order valence-electron chi connectivity index (χ4n) is 1.64. The lowest BCUT2D eigenvalue weighted by molar-refractivity contribution is -0.143. The summed E-state index contributed by atoms with van der Waals surface area (Å²) in [5.74, 6) is -0.0812. The lowest BCUT2D eigenvalue weighted by atomic mass is 10.2. The van der Waals surface area contributed by atoms with Crippen molar-refractivity contribution in [3.63, 3.8) is 0 Å². The monoisotopic (exact) mass is 425 g/mol. The van der Waals surface area contributed by atoms with Crippen molar-refractivity contribution in [1.29, 1.82) is 0 Å². The van der Waals surface area contributed by atoms with Gasteiger partial charge in [-0.25, -0.2) is 0 Å². The highest BCUT2D eigenvalue weighted by Gasteiger charge is 2.14. The summed E-state index contributed by atoms with van der Waals surface area (Å²) in [5, 5.41) is 3.22. The number of carbonyl (C=O) groups is 2. The summed E-state index contributed by atoms with van der Waals surface area (Å²) in [5.41, 5.74) is 0.374. The van der Waals surface area contributed by atoms with Gasteiger partial charge in [0.2, 0.25) is 0 Å². The molecule has 0 heterocycles. The maximum Gasteiger partial charge on any atom is 0.305 e. The molecule has 0 atom stereocenters. The van der Waals surface area contributed by atoms with Crippen LogP contribution < -0.4 is 10.1 Å². The van der Waals surface area contributed by atoms with E-state index in [1.54, 1.807) is 19.1 Å². The van der Waals surface area contributed by atoms with Gasteiger partial charge in [-0.15, -0.1) is 0 Å². The zero-order chi connectivity index (χ0) is 15.8. The van der Waals surface area contributed by atoms with Gasteiger partial charge in [0.15, 0.2) is 0 Å². The summed E-state index contributed by atoms with van der Waals surface area (Å²) in [7, 11) is 1.50. The van der Waals surface area contributed by atoms with Gasteiger partial charge in [0, 0.05) is 16.5 Å². The highest BCUT2D eigenvalue weighted by atomic mass is 127. The molecule has 21 heavy (non-hydrogen) atoms. The third-order valence-electron chi connectivity index (χ3n) is 2.64. The molecule has 0 radical (unpaired) electrons. The second kappa shape index (κ2) is 9.09. The summed E-state index contributed by atoms with van der Waals surface area (Å²) in [6.07, 6.45) is 0.795. The molecule has 1 aromatic carbocycles. The van der Waals surface area contributed by atoms with Crippen LogP contribution in [0.4, 0.5) is 0 Å². The largest absolute Gasteiger partial charge is 0.496 e. The second-order valence-electron chi connectivity index (χ2n) is 4.13. The molecule has 0 bridgehead atoms. The minimum atomic E-state index is -0.283. The van der Waals surface area contributed by atoms with Crippen LogP contribution in [0.2, 0.25) is 5.02 Å². The molecule has 0 saturated heterocycles. The van der Waals surface area contributed by atoms with E-state index in [1.807, 2.05) is 0 Å². The third kappa shape index (κ3) is 5.70. The van der Waals surface area contributed by atoms with Gasteiger partial charge in [0.25, 0.3) is 5.91 Å². The fraction of sp³-hybridized carbons (Fsp3) is 0.429. The van der Waals surface area contributed by atoms with Gasteiger partial charge in [0.1, 0.15) is 5.75 Å². The van der Waals surface area contributed by atoms with Crippen molar-refractivity contribution in [3.8, 4) is 5.75 Å². The average Bonchev–Trinajstić information content (AvgIpc) is 2.46. The van der Waals surface area contributed by atoms with Crippen LogP contribution in [0.5, 0.6) is 5.75 Å². The number of benzene rings is 1. The molecule has 0 aliphatic heterocycles. The summed E-state index contributed by atoms with van der Waals surface area (Å²) in [4.78, 5) is 23.3. The Balaban J connectivity index is 2.56. The average molecular weight is 426 g/mol. The molecule has 5 nitrogen and oxygen atoms in total. The maximum absolute atomic E-state index is 12.1. The smallest absolute Gasteiger partial charge is 0.305 e. The lowest BCUT2D eigenvalue weighted by Crippen LogP contribution is -2.25. The maximum atomic E-state index is 12.1. The normalized spacial score (nSPS) is 10.1. The predicted octanol–water partition coefficient (Wildman–Crippen LogP) is 3.03. The first kappa shape index (κ1) is 18.0. The van der Waals surface area contributed by atoms with Gasteiger partial charge in [-0.3, -0.25) is 9.59 Å². The number of amides is 1. The van der Waals surface area contributed by atoms with Crippen molar-refractivity contribution in [2.24, 2.45) is 0 Å². The zero-order valence-electron chi connectivity index (χ0n) is 11.9. The molecule has 0 aliphatic carbocycles. The molecule has 1 rings (SSSR count). The van der Waals surface area contributed by atoms with Gasteiger partial charge in [0.05, 0.1) is 24.3 Å². The van der Waals surface area contributed by atoms with Crippen molar-refractivity contribution in [2.45, 2.75) is 19.8 Å². The van der Waals surface area contributed by atoms with Crippen molar-refractivity contribution < 1.29 is 19.1 Å². The van der Waals surface area contributed by atoms with Crippen LogP contribution in [-0.4, -0.2) is 32.1 Å². The first-order valence-electron chi connectivity index (χ1n) is 6.46. The summed E-state index contributed by atoms with van der Waals surface area (Å²) >= 11 is 8.09. The first-order chi connectivity index (χ1) is 9.99. The van der Waals surface area contributed by atoms with Gasteiger partial charge in [-0.1, -0.05) is 11.6 Å². The topological polar surface area (TPSA) is 64.6 Å². The summed E-state index contributed by atoms with van der Waals surface area (Å²) in [6, 6.07) is 3.28. The number of methoxy groups -OCH3 is 1. The minimum absolute atomic E-state index is 0.262. The van der Waals surface area contributed by atoms with Gasteiger partial charge in [-0.05, 0) is 48.1 Å². The number of hydrogen-bond acceptors (Lipinski definition) is 4. The van der Waals surface area contributed by atoms with E-state index in [0.717, 1.165) is 3.57 Å². The Bertz CT molecular complexity index is 522. The van der Waals surface area contributed by atoms with Crippen LogP contribution in [0.3, 0.4) is 0 Å². The predicted molar refractivity (Wildman–Crippen MR) is 88.9 cm³/mol. The number of nitrogens with one attached hydrogen (secondary N) is 1. The van der Waals surface area contributed by atoms with Crippen LogP contribution in [0.25, 0.3) is 0 Å². The van der Waals surface area contributed by atoms with Crippen LogP contribution in [-0.2, 0) is 9.53 Å². The van der Waals surface area contributed by atoms with E-state index in [1.165, 1.54) is 7.11 Å². The number of hydrogen-bond donors (Lipinski definition) is 1. The Kier molecular flexibility index (Phi) is 7.81. The van der Waals surface area contributed by atoms with E-state index in [9.17, 15) is 9.59 Å². The molecule has 0 fully saturated rings. The van der Waals surface area contributed by atoms with E-state index in [4.69, 9.17) is 21.1 Å². The van der Waals surface area contributed by atoms with Crippen LogP contribution in [0.1, 0.15) is 30.1 Å². The Labute approximate surface area is 142 Å². The molecule has 0 saturated carbocycles. The van der Waals surface area contributed by atoms with Crippen molar-refractivity contribution in [1.82, 2.24) is 5.32 Å². The molecule has 1 aromatic rings. The Morgan fingerprint density at radius 3 is 2.71 bits per heavy atom. The Morgan fingerprint density at radius 2 is 2.10 bits per heavy atom. The van der Waals surface area contributed by atoms with Crippen LogP contribution in [0.15, 0.2) is 12.1 Å². The number of ether oxygens (including phenoxy) is 2.